The molecular weight excluding hydrogens is 381 g/mol. The van der Waals surface area contributed by atoms with Crippen LogP contribution in [0.5, 0.6) is 0 Å². The van der Waals surface area contributed by atoms with Crippen molar-refractivity contribution in [1.82, 2.24) is 20.0 Å². The van der Waals surface area contributed by atoms with Gasteiger partial charge in [0.15, 0.2) is 5.96 Å². The van der Waals surface area contributed by atoms with Gasteiger partial charge < -0.3 is 15.0 Å². The third kappa shape index (κ3) is 5.14. The molecule has 6 nitrogen and oxygen atoms in total. The van der Waals surface area contributed by atoms with Gasteiger partial charge in [-0.05, 0) is 18.9 Å². The van der Waals surface area contributed by atoms with Gasteiger partial charge in [0.2, 0.25) is 0 Å². The summed E-state index contributed by atoms with van der Waals surface area (Å²) in [6.45, 7) is 6.32. The molecule has 1 N–H and O–H groups in total. The Labute approximate surface area is 144 Å². The van der Waals surface area contributed by atoms with Crippen molar-refractivity contribution in [3.63, 3.8) is 0 Å². The molecule has 1 aliphatic heterocycles. The summed E-state index contributed by atoms with van der Waals surface area (Å²) in [5.74, 6) is 1.52. The van der Waals surface area contributed by atoms with Crippen molar-refractivity contribution >= 4 is 29.9 Å². The molecule has 1 fully saturated rings. The Hall–Kier alpha value is -0.830. The number of halogens is 1. The van der Waals surface area contributed by atoms with Crippen molar-refractivity contribution in [2.24, 2.45) is 12.0 Å². The van der Waals surface area contributed by atoms with E-state index < -0.39 is 0 Å². The minimum atomic E-state index is 0. The minimum Gasteiger partial charge on any atom is -0.380 e. The fourth-order valence-electron chi connectivity index (χ4n) is 2.59. The molecule has 7 heteroatoms. The van der Waals surface area contributed by atoms with E-state index >= 15 is 0 Å². The fourth-order valence-corrected chi connectivity index (χ4v) is 2.59. The quantitative estimate of drug-likeness (QED) is 0.348. The Balaban J connectivity index is 0.00000220. The van der Waals surface area contributed by atoms with Gasteiger partial charge in [-0.25, -0.2) is 0 Å². The molecule has 0 aromatic carbocycles. The summed E-state index contributed by atoms with van der Waals surface area (Å²) in [4.78, 5) is 6.67. The van der Waals surface area contributed by atoms with E-state index in [-0.39, 0.29) is 24.0 Å². The lowest BCUT2D eigenvalue weighted by Crippen LogP contribution is -2.41. The second-order valence-corrected chi connectivity index (χ2v) is 5.05. The molecule has 0 aliphatic carbocycles. The molecule has 0 saturated carbocycles. The van der Waals surface area contributed by atoms with Crippen molar-refractivity contribution in [1.29, 1.82) is 0 Å². The molecule has 1 aliphatic rings. The second kappa shape index (κ2) is 9.24. The number of aryl methyl sites for hydroxylation is 1. The lowest BCUT2D eigenvalue weighted by Gasteiger charge is -2.21. The van der Waals surface area contributed by atoms with Crippen LogP contribution in [0.1, 0.15) is 24.8 Å². The summed E-state index contributed by atoms with van der Waals surface area (Å²) < 4.78 is 7.21. The summed E-state index contributed by atoms with van der Waals surface area (Å²) in [6.07, 6.45) is 5.23. The zero-order chi connectivity index (χ0) is 14.4. The Bertz CT molecular complexity index is 448. The molecule has 21 heavy (non-hydrogen) atoms. The van der Waals surface area contributed by atoms with Crippen LogP contribution in [0.15, 0.2) is 17.4 Å². The smallest absolute Gasteiger partial charge is 0.193 e. The predicted octanol–water partition coefficient (Wildman–Crippen LogP) is 1.44. The fraction of sp³-hybridized carbons (Fsp3) is 0.714. The van der Waals surface area contributed by atoms with Crippen molar-refractivity contribution < 1.29 is 4.74 Å². The first-order valence-corrected chi connectivity index (χ1v) is 7.26. The number of hydrogen-bond donors (Lipinski definition) is 1. The zero-order valence-electron chi connectivity index (χ0n) is 13.1. The molecule has 1 atom stereocenters. The number of nitrogens with one attached hydrogen (secondary N) is 1. The first-order chi connectivity index (χ1) is 9.74. The van der Waals surface area contributed by atoms with E-state index in [1.807, 2.05) is 31.9 Å². The van der Waals surface area contributed by atoms with E-state index in [0.29, 0.717) is 5.92 Å². The molecule has 1 saturated heterocycles. The monoisotopic (exact) mass is 407 g/mol. The number of nitrogens with zero attached hydrogens (tertiary/aromatic N) is 4. The number of ether oxygens (including phenoxy) is 1. The Morgan fingerprint density at radius 1 is 1.57 bits per heavy atom. The number of aliphatic imine (C=N–C) groups is 1. The summed E-state index contributed by atoms with van der Waals surface area (Å²) in [5, 5.41) is 7.61. The Morgan fingerprint density at radius 3 is 3.00 bits per heavy atom. The third-order valence-electron chi connectivity index (χ3n) is 3.63. The van der Waals surface area contributed by atoms with E-state index in [4.69, 9.17) is 4.74 Å². The van der Waals surface area contributed by atoms with Crippen LogP contribution in [0.2, 0.25) is 0 Å². The topological polar surface area (TPSA) is 54.7 Å². The SMILES string of the molecule is CCOCCNC(=NC)N1CCC(c2cnn(C)c2)C1.I. The molecule has 1 unspecified atom stereocenters. The molecule has 1 aromatic rings. The molecule has 2 heterocycles. The summed E-state index contributed by atoms with van der Waals surface area (Å²) in [6, 6.07) is 0. The highest BCUT2D eigenvalue weighted by atomic mass is 127. The van der Waals surface area contributed by atoms with Gasteiger partial charge in [0.1, 0.15) is 0 Å². The minimum absolute atomic E-state index is 0. The van der Waals surface area contributed by atoms with Gasteiger partial charge in [0.05, 0.1) is 12.8 Å². The van der Waals surface area contributed by atoms with Crippen molar-refractivity contribution in [2.75, 3.05) is 39.9 Å². The first-order valence-electron chi connectivity index (χ1n) is 7.26. The highest BCUT2D eigenvalue weighted by Gasteiger charge is 2.26. The van der Waals surface area contributed by atoms with Crippen molar-refractivity contribution in [2.45, 2.75) is 19.3 Å². The van der Waals surface area contributed by atoms with E-state index in [0.717, 1.165) is 45.2 Å². The van der Waals surface area contributed by atoms with Crippen LogP contribution in [0.4, 0.5) is 0 Å². The van der Waals surface area contributed by atoms with E-state index in [9.17, 15) is 0 Å². The van der Waals surface area contributed by atoms with Crippen LogP contribution in [0.3, 0.4) is 0 Å². The van der Waals surface area contributed by atoms with Crippen LogP contribution >= 0.6 is 24.0 Å². The summed E-state index contributed by atoms with van der Waals surface area (Å²) in [5.41, 5.74) is 1.32. The van der Waals surface area contributed by atoms with Gasteiger partial charge in [-0.15, -0.1) is 24.0 Å². The van der Waals surface area contributed by atoms with E-state index in [2.05, 4.69) is 26.5 Å². The lowest BCUT2D eigenvalue weighted by molar-refractivity contribution is 0.152. The van der Waals surface area contributed by atoms with Crippen LogP contribution in [-0.4, -0.2) is 60.5 Å². The van der Waals surface area contributed by atoms with E-state index in [1.165, 1.54) is 5.56 Å². The molecule has 0 bridgehead atoms. The van der Waals surface area contributed by atoms with E-state index in [1.54, 1.807) is 0 Å². The Kier molecular flexibility index (Phi) is 8.02. The lowest BCUT2D eigenvalue weighted by atomic mass is 10.0. The van der Waals surface area contributed by atoms with Crippen LogP contribution in [0.25, 0.3) is 0 Å². The maximum absolute atomic E-state index is 5.34. The average Bonchev–Trinajstić information content (AvgIpc) is 3.08. The van der Waals surface area contributed by atoms with Gasteiger partial charge >= 0.3 is 0 Å². The first kappa shape index (κ1) is 18.2. The summed E-state index contributed by atoms with van der Waals surface area (Å²) >= 11 is 0. The largest absolute Gasteiger partial charge is 0.380 e. The maximum Gasteiger partial charge on any atom is 0.193 e. The Morgan fingerprint density at radius 2 is 2.38 bits per heavy atom. The highest BCUT2D eigenvalue weighted by Crippen LogP contribution is 2.26. The standard InChI is InChI=1S/C14H25N5O.HI/c1-4-20-8-6-16-14(15-2)19-7-5-12(11-19)13-9-17-18(3)10-13;/h9-10,12H,4-8,11H2,1-3H3,(H,15,16);1H. The van der Waals surface area contributed by atoms with Crippen LogP contribution in [-0.2, 0) is 11.8 Å². The predicted molar refractivity (Wildman–Crippen MR) is 95.4 cm³/mol. The molecule has 0 amide bonds. The number of guanidine groups is 1. The van der Waals surface area contributed by atoms with Gasteiger partial charge in [-0.3, -0.25) is 9.67 Å². The molecule has 0 spiro atoms. The molecular formula is C14H26IN5O. The molecule has 1 aromatic heterocycles. The van der Waals surface area contributed by atoms with Gasteiger partial charge in [-0.2, -0.15) is 5.10 Å². The van der Waals surface area contributed by atoms with Crippen LogP contribution < -0.4 is 5.32 Å². The maximum atomic E-state index is 5.34. The number of aromatic nitrogens is 2. The number of hydrogen-bond acceptors (Lipinski definition) is 3. The average molecular weight is 407 g/mol. The number of rotatable bonds is 5. The highest BCUT2D eigenvalue weighted by molar-refractivity contribution is 14.0. The second-order valence-electron chi connectivity index (χ2n) is 5.05. The summed E-state index contributed by atoms with van der Waals surface area (Å²) in [7, 11) is 3.80. The van der Waals surface area contributed by atoms with Crippen molar-refractivity contribution in [3.05, 3.63) is 18.0 Å². The third-order valence-corrected chi connectivity index (χ3v) is 3.63. The molecule has 0 radical (unpaired) electrons. The molecule has 2 rings (SSSR count). The zero-order valence-corrected chi connectivity index (χ0v) is 15.4. The number of likely N-dealkylation sites (tertiary alicyclic amines) is 1. The van der Waals surface area contributed by atoms with Crippen LogP contribution in [0, 0.1) is 0 Å². The van der Waals surface area contributed by atoms with Gasteiger partial charge in [0.25, 0.3) is 0 Å². The van der Waals surface area contributed by atoms with Gasteiger partial charge in [0, 0.05) is 52.5 Å². The van der Waals surface area contributed by atoms with Crippen molar-refractivity contribution in [3.8, 4) is 0 Å². The molecule has 120 valence electrons. The normalized spacial score (nSPS) is 18.7. The van der Waals surface area contributed by atoms with Gasteiger partial charge in [-0.1, -0.05) is 0 Å².